The van der Waals surface area contributed by atoms with E-state index < -0.39 is 17.3 Å². The minimum atomic E-state index is -4.31. The van der Waals surface area contributed by atoms with Crippen LogP contribution in [-0.2, 0) is 11.7 Å². The number of aryl methyl sites for hydroxylation is 1. The van der Waals surface area contributed by atoms with Gasteiger partial charge in [0.05, 0.1) is 11.1 Å². The first-order valence-electron chi connectivity index (χ1n) is 5.00. The van der Waals surface area contributed by atoms with E-state index in [2.05, 4.69) is 5.32 Å². The maximum absolute atomic E-state index is 12.6. The van der Waals surface area contributed by atoms with E-state index in [0.717, 1.165) is 12.1 Å². The first kappa shape index (κ1) is 11.4. The van der Waals surface area contributed by atoms with Crippen molar-refractivity contribution in [2.24, 2.45) is 5.73 Å². The van der Waals surface area contributed by atoms with Crippen LogP contribution in [0.2, 0.25) is 0 Å². The second kappa shape index (κ2) is 3.46. The quantitative estimate of drug-likeness (QED) is 0.771. The van der Waals surface area contributed by atoms with Crippen LogP contribution in [-0.4, -0.2) is 13.1 Å². The third kappa shape index (κ3) is 1.92. The predicted octanol–water partition coefficient (Wildman–Crippen LogP) is 1.77. The molecular weight excluding hydrogens is 217 g/mol. The Morgan fingerprint density at radius 3 is 2.31 bits per heavy atom. The van der Waals surface area contributed by atoms with Crippen LogP contribution in [0.3, 0.4) is 0 Å². The minimum absolute atomic E-state index is 0.522. The monoisotopic (exact) mass is 230 g/mol. The van der Waals surface area contributed by atoms with Gasteiger partial charge < -0.3 is 11.1 Å². The minimum Gasteiger partial charge on any atom is -0.319 e. The van der Waals surface area contributed by atoms with E-state index >= 15 is 0 Å². The number of hydrogen-bond donors (Lipinski definition) is 2. The molecule has 0 unspecified atom stereocenters. The molecule has 1 saturated heterocycles. The molecule has 1 fully saturated rings. The predicted molar refractivity (Wildman–Crippen MR) is 54.9 cm³/mol. The molecule has 1 aliphatic rings. The Labute approximate surface area is 91.6 Å². The van der Waals surface area contributed by atoms with Gasteiger partial charge in [-0.2, -0.15) is 13.2 Å². The van der Waals surface area contributed by atoms with Crippen LogP contribution >= 0.6 is 0 Å². The molecule has 88 valence electrons. The van der Waals surface area contributed by atoms with Crippen molar-refractivity contribution in [3.8, 4) is 0 Å². The lowest BCUT2D eigenvalue weighted by Crippen LogP contribution is -2.62. The Hall–Kier alpha value is -1.07. The fraction of sp³-hybridized carbons (Fsp3) is 0.455. The Kier molecular flexibility index (Phi) is 2.47. The standard InChI is InChI=1S/C11H13F3N2/c1-7-2-8(10(15)5-16-6-10)4-9(3-7)11(12,13)14/h2-4,16H,5-6,15H2,1H3. The van der Waals surface area contributed by atoms with E-state index in [9.17, 15) is 13.2 Å². The van der Waals surface area contributed by atoms with Gasteiger partial charge in [0.1, 0.15) is 0 Å². The molecule has 0 spiro atoms. The zero-order valence-corrected chi connectivity index (χ0v) is 8.86. The first-order chi connectivity index (χ1) is 7.31. The van der Waals surface area contributed by atoms with Crippen molar-refractivity contribution in [2.75, 3.05) is 13.1 Å². The fourth-order valence-electron chi connectivity index (χ4n) is 1.83. The van der Waals surface area contributed by atoms with Gasteiger partial charge >= 0.3 is 6.18 Å². The zero-order chi connectivity index (χ0) is 12.0. The number of rotatable bonds is 1. The lowest BCUT2D eigenvalue weighted by Gasteiger charge is -2.40. The summed E-state index contributed by atoms with van der Waals surface area (Å²) in [6.07, 6.45) is -4.31. The Balaban J connectivity index is 2.44. The van der Waals surface area contributed by atoms with E-state index in [4.69, 9.17) is 5.73 Å². The van der Waals surface area contributed by atoms with Gasteiger partial charge in [-0.05, 0) is 24.6 Å². The topological polar surface area (TPSA) is 38.0 Å². The highest BCUT2D eigenvalue weighted by atomic mass is 19.4. The zero-order valence-electron chi connectivity index (χ0n) is 8.86. The molecule has 1 heterocycles. The number of nitrogens with two attached hydrogens (primary N) is 1. The summed E-state index contributed by atoms with van der Waals surface area (Å²) >= 11 is 0. The molecule has 0 aromatic heterocycles. The van der Waals surface area contributed by atoms with Gasteiger partial charge in [-0.3, -0.25) is 0 Å². The maximum atomic E-state index is 12.6. The summed E-state index contributed by atoms with van der Waals surface area (Å²) in [5, 5.41) is 2.97. The number of nitrogens with one attached hydrogen (secondary N) is 1. The molecule has 0 atom stereocenters. The highest BCUT2D eigenvalue weighted by Crippen LogP contribution is 2.33. The van der Waals surface area contributed by atoms with Gasteiger partial charge in [-0.15, -0.1) is 0 Å². The summed E-state index contributed by atoms with van der Waals surface area (Å²) in [7, 11) is 0. The van der Waals surface area contributed by atoms with E-state index in [1.54, 1.807) is 13.0 Å². The average molecular weight is 230 g/mol. The SMILES string of the molecule is Cc1cc(C(F)(F)F)cc(C2(N)CNC2)c1. The highest BCUT2D eigenvalue weighted by Gasteiger charge is 2.37. The molecule has 0 amide bonds. The lowest BCUT2D eigenvalue weighted by atomic mass is 9.84. The van der Waals surface area contributed by atoms with Crippen molar-refractivity contribution in [3.63, 3.8) is 0 Å². The summed E-state index contributed by atoms with van der Waals surface area (Å²) in [6.45, 7) is 2.69. The van der Waals surface area contributed by atoms with E-state index in [0.29, 0.717) is 24.2 Å². The first-order valence-corrected chi connectivity index (χ1v) is 5.00. The maximum Gasteiger partial charge on any atom is 0.416 e. The largest absolute Gasteiger partial charge is 0.416 e. The van der Waals surface area contributed by atoms with Crippen LogP contribution in [0.25, 0.3) is 0 Å². The van der Waals surface area contributed by atoms with Crippen molar-refractivity contribution in [3.05, 3.63) is 34.9 Å². The summed E-state index contributed by atoms with van der Waals surface area (Å²) in [6, 6.07) is 4.00. The lowest BCUT2D eigenvalue weighted by molar-refractivity contribution is -0.137. The third-order valence-corrected chi connectivity index (χ3v) is 2.86. The van der Waals surface area contributed by atoms with Gasteiger partial charge in [0.2, 0.25) is 0 Å². The molecule has 0 aliphatic carbocycles. The van der Waals surface area contributed by atoms with Crippen molar-refractivity contribution >= 4 is 0 Å². The Morgan fingerprint density at radius 1 is 1.25 bits per heavy atom. The number of hydrogen-bond acceptors (Lipinski definition) is 2. The number of benzene rings is 1. The van der Waals surface area contributed by atoms with Crippen LogP contribution < -0.4 is 11.1 Å². The Bertz CT molecular complexity index is 408. The van der Waals surface area contributed by atoms with E-state index in [1.165, 1.54) is 0 Å². The second-order valence-electron chi connectivity index (χ2n) is 4.35. The summed E-state index contributed by atoms with van der Waals surface area (Å²) < 4.78 is 37.8. The van der Waals surface area contributed by atoms with Gasteiger partial charge in [-0.25, -0.2) is 0 Å². The molecule has 2 nitrogen and oxygen atoms in total. The Morgan fingerprint density at radius 2 is 1.88 bits per heavy atom. The van der Waals surface area contributed by atoms with Crippen LogP contribution in [0.4, 0.5) is 13.2 Å². The molecule has 1 aliphatic heterocycles. The molecule has 0 saturated carbocycles. The average Bonchev–Trinajstić information content (AvgIpc) is 2.11. The van der Waals surface area contributed by atoms with Crippen molar-refractivity contribution in [1.29, 1.82) is 0 Å². The van der Waals surface area contributed by atoms with Crippen molar-refractivity contribution in [1.82, 2.24) is 5.32 Å². The van der Waals surface area contributed by atoms with Crippen molar-refractivity contribution < 1.29 is 13.2 Å². The molecule has 0 bridgehead atoms. The van der Waals surface area contributed by atoms with Gasteiger partial charge in [0.15, 0.2) is 0 Å². The molecular formula is C11H13F3N2. The van der Waals surface area contributed by atoms with Crippen LogP contribution in [0.5, 0.6) is 0 Å². The fourth-order valence-corrected chi connectivity index (χ4v) is 1.83. The molecule has 3 N–H and O–H groups in total. The van der Waals surface area contributed by atoms with Crippen LogP contribution in [0.15, 0.2) is 18.2 Å². The number of alkyl halides is 3. The third-order valence-electron chi connectivity index (χ3n) is 2.86. The highest BCUT2D eigenvalue weighted by molar-refractivity contribution is 5.37. The van der Waals surface area contributed by atoms with Gasteiger partial charge in [-0.1, -0.05) is 11.6 Å². The van der Waals surface area contributed by atoms with Gasteiger partial charge in [0, 0.05) is 13.1 Å². The molecule has 2 rings (SSSR count). The van der Waals surface area contributed by atoms with E-state index in [-0.39, 0.29) is 0 Å². The van der Waals surface area contributed by atoms with E-state index in [1.807, 2.05) is 0 Å². The number of halogens is 3. The summed E-state index contributed by atoms with van der Waals surface area (Å²) in [4.78, 5) is 0. The van der Waals surface area contributed by atoms with Gasteiger partial charge in [0.25, 0.3) is 0 Å². The summed E-state index contributed by atoms with van der Waals surface area (Å²) in [5.41, 5.74) is 5.84. The van der Waals surface area contributed by atoms with Crippen LogP contribution in [0, 0.1) is 6.92 Å². The molecule has 1 aromatic carbocycles. The van der Waals surface area contributed by atoms with Crippen LogP contribution in [0.1, 0.15) is 16.7 Å². The molecule has 1 aromatic rings. The second-order valence-corrected chi connectivity index (χ2v) is 4.35. The molecule has 5 heteroatoms. The smallest absolute Gasteiger partial charge is 0.319 e. The summed E-state index contributed by atoms with van der Waals surface area (Å²) in [5.74, 6) is 0. The molecule has 0 radical (unpaired) electrons. The van der Waals surface area contributed by atoms with Crippen molar-refractivity contribution in [2.45, 2.75) is 18.6 Å². The normalized spacial score (nSPS) is 19.3. The molecule has 16 heavy (non-hydrogen) atoms.